The van der Waals surface area contributed by atoms with E-state index in [1.807, 2.05) is 19.9 Å². The van der Waals surface area contributed by atoms with Crippen LogP contribution < -0.4 is 0 Å². The van der Waals surface area contributed by atoms with Gasteiger partial charge in [-0.2, -0.15) is 0 Å². The minimum absolute atomic E-state index is 0.0573. The number of Topliss-reactive ketones (excluding diaryl/α,β-unsaturated/α-hetero) is 1. The second-order valence-corrected chi connectivity index (χ2v) is 17.7. The van der Waals surface area contributed by atoms with Crippen LogP contribution in [0.25, 0.3) is 0 Å². The number of hydrogen-bond acceptors (Lipinski definition) is 12. The van der Waals surface area contributed by atoms with Gasteiger partial charge in [0.15, 0.2) is 12.6 Å². The molecule has 12 heteroatoms. The van der Waals surface area contributed by atoms with Crippen molar-refractivity contribution < 1.29 is 58.1 Å². The molecule has 1 aromatic carbocycles. The smallest absolute Gasteiger partial charge is 0.338 e. The Morgan fingerprint density at radius 3 is 2.17 bits per heavy atom. The Hall–Kier alpha value is -2.00. The molecule has 2 saturated heterocycles. The van der Waals surface area contributed by atoms with Gasteiger partial charge in [0.2, 0.25) is 0 Å². The summed E-state index contributed by atoms with van der Waals surface area (Å²) in [6.07, 6.45) is 0.762. The first kappa shape index (κ1) is 40.2. The topological polar surface area (TPSA) is 159 Å². The van der Waals surface area contributed by atoms with E-state index in [4.69, 9.17) is 33.2 Å². The lowest BCUT2D eigenvalue weighted by Gasteiger charge is -2.68. The predicted octanol–water partition coefficient (Wildman–Crippen LogP) is 4.73. The molecule has 1 aromatic rings. The summed E-state index contributed by atoms with van der Waals surface area (Å²) in [6, 6.07) is 8.82. The van der Waals surface area contributed by atoms with Gasteiger partial charge in [0.05, 0.1) is 41.7 Å². The van der Waals surface area contributed by atoms with Crippen molar-refractivity contribution >= 4 is 11.8 Å². The first-order valence-electron chi connectivity index (χ1n) is 20.2. The quantitative estimate of drug-likeness (QED) is 0.235. The summed E-state index contributed by atoms with van der Waals surface area (Å²) in [5.74, 6) is -1.25. The molecule has 17 unspecified atom stereocenters. The van der Waals surface area contributed by atoms with Gasteiger partial charge in [-0.3, -0.25) is 4.79 Å². The van der Waals surface area contributed by atoms with E-state index in [1.54, 1.807) is 52.3 Å². The molecule has 0 amide bonds. The van der Waals surface area contributed by atoms with E-state index in [0.717, 1.165) is 19.3 Å². The highest BCUT2D eigenvalue weighted by Gasteiger charge is 2.78. The number of hydrogen-bond donors (Lipinski definition) is 3. The Labute approximate surface area is 319 Å². The van der Waals surface area contributed by atoms with Crippen molar-refractivity contribution in [1.82, 2.24) is 0 Å². The molecule has 2 heterocycles. The summed E-state index contributed by atoms with van der Waals surface area (Å²) in [4.78, 5) is 26.7. The minimum Gasteiger partial charge on any atom is -0.458 e. The monoisotopic (exact) mass is 758 g/mol. The fourth-order valence-corrected chi connectivity index (χ4v) is 12.1. The van der Waals surface area contributed by atoms with Crippen LogP contribution in [0.15, 0.2) is 30.3 Å². The van der Waals surface area contributed by atoms with Gasteiger partial charge >= 0.3 is 5.97 Å². The van der Waals surface area contributed by atoms with Gasteiger partial charge in [0.1, 0.15) is 29.7 Å². The van der Waals surface area contributed by atoms with Crippen molar-refractivity contribution in [3.05, 3.63) is 35.9 Å². The van der Waals surface area contributed by atoms with Crippen LogP contribution >= 0.6 is 0 Å². The maximum absolute atomic E-state index is 13.6. The third kappa shape index (κ3) is 6.49. The lowest BCUT2D eigenvalue weighted by Crippen LogP contribution is -2.76. The lowest BCUT2D eigenvalue weighted by molar-refractivity contribution is -0.329. The zero-order valence-electron chi connectivity index (χ0n) is 33.0. The van der Waals surface area contributed by atoms with Crippen molar-refractivity contribution in [1.29, 1.82) is 0 Å². The normalized spacial score (nSPS) is 49.0. The summed E-state index contributed by atoms with van der Waals surface area (Å²) >= 11 is 0. The number of carbonyl (C=O) groups is 2. The van der Waals surface area contributed by atoms with Crippen LogP contribution in [0, 0.1) is 28.6 Å². The van der Waals surface area contributed by atoms with Gasteiger partial charge in [-0.25, -0.2) is 4.79 Å². The second-order valence-electron chi connectivity index (χ2n) is 17.7. The van der Waals surface area contributed by atoms with E-state index in [-0.39, 0.29) is 47.8 Å². The molecule has 12 nitrogen and oxygen atoms in total. The molecule has 4 aliphatic carbocycles. The zero-order chi connectivity index (χ0) is 38.8. The van der Waals surface area contributed by atoms with Crippen LogP contribution in [0.3, 0.4) is 0 Å². The van der Waals surface area contributed by atoms with E-state index in [9.17, 15) is 24.9 Å². The number of rotatable bonds is 9. The molecule has 7 rings (SSSR count). The molecule has 54 heavy (non-hydrogen) atoms. The molecule has 0 aromatic heterocycles. The first-order chi connectivity index (χ1) is 25.6. The molecule has 0 spiro atoms. The number of aliphatic hydroxyl groups is 3. The average molecular weight is 759 g/mol. The van der Waals surface area contributed by atoms with Crippen LogP contribution in [0.4, 0.5) is 0 Å². The van der Waals surface area contributed by atoms with Gasteiger partial charge < -0.3 is 48.5 Å². The Morgan fingerprint density at radius 2 is 1.48 bits per heavy atom. The highest BCUT2D eigenvalue weighted by Crippen LogP contribution is 2.71. The van der Waals surface area contributed by atoms with Crippen molar-refractivity contribution in [2.24, 2.45) is 28.6 Å². The molecular formula is C42H62O12. The Morgan fingerprint density at radius 1 is 0.815 bits per heavy atom. The highest BCUT2D eigenvalue weighted by molar-refractivity contribution is 5.89. The molecular weight excluding hydrogens is 696 g/mol. The summed E-state index contributed by atoms with van der Waals surface area (Å²) in [6.45, 7) is 9.38. The molecule has 302 valence electrons. The predicted molar refractivity (Wildman–Crippen MR) is 195 cm³/mol. The van der Waals surface area contributed by atoms with Gasteiger partial charge in [0, 0.05) is 38.4 Å². The molecule has 0 radical (unpaired) electrons. The third-order valence-electron chi connectivity index (χ3n) is 15.3. The molecule has 6 fully saturated rings. The van der Waals surface area contributed by atoms with E-state index < -0.39 is 71.6 Å². The maximum Gasteiger partial charge on any atom is 0.338 e. The Balaban J connectivity index is 1.05. The largest absolute Gasteiger partial charge is 0.458 e. The number of ether oxygens (including phenoxy) is 7. The van der Waals surface area contributed by atoms with Gasteiger partial charge in [0.25, 0.3) is 0 Å². The van der Waals surface area contributed by atoms with Crippen LogP contribution in [0.2, 0.25) is 0 Å². The van der Waals surface area contributed by atoms with E-state index in [0.29, 0.717) is 44.1 Å². The summed E-state index contributed by atoms with van der Waals surface area (Å²) in [7, 11) is 3.24. The standard InChI is InChI=1S/C42H62O12/c1-23(43)29-15-18-42(47)40(29,5)33(53-38(45)26-11-9-8-10-12-26)22-32-39(4)16-14-28(19-27(39)13-17-41(32,42)46)52-34-21-31(49-7)37(25(3)51-34)54-35-20-30(48-6)36(44)24(2)50-35/h8-12,24-25,27-37,44,46-47H,13-22H2,1-7H3. The summed E-state index contributed by atoms with van der Waals surface area (Å²) < 4.78 is 43.2. The van der Waals surface area contributed by atoms with Crippen LogP contribution in [0.5, 0.6) is 0 Å². The zero-order valence-corrected chi connectivity index (χ0v) is 33.0. The van der Waals surface area contributed by atoms with E-state index in [2.05, 4.69) is 6.92 Å². The van der Waals surface area contributed by atoms with Gasteiger partial charge in [-0.05, 0) is 102 Å². The van der Waals surface area contributed by atoms with Gasteiger partial charge in [-0.15, -0.1) is 0 Å². The van der Waals surface area contributed by atoms with Crippen molar-refractivity contribution in [3.63, 3.8) is 0 Å². The third-order valence-corrected chi connectivity index (χ3v) is 15.3. The van der Waals surface area contributed by atoms with E-state index >= 15 is 0 Å². The number of methoxy groups -OCH3 is 2. The number of carbonyl (C=O) groups excluding carboxylic acids is 2. The SMILES string of the molecule is COC1CC(OC2C(C)OC(OC3CCC4(C)C(CCC5(O)C4CC(OC(=O)c4ccccc4)C4(C)C(C(C)=O)CCC54O)C3)CC2OC)OC(C)C1O. The average Bonchev–Trinajstić information content (AvgIpc) is 3.44. The van der Waals surface area contributed by atoms with E-state index in [1.165, 1.54) is 0 Å². The molecule has 6 aliphatic rings. The van der Waals surface area contributed by atoms with Crippen LogP contribution in [0.1, 0.15) is 109 Å². The highest BCUT2D eigenvalue weighted by atomic mass is 16.7. The molecule has 2 aliphatic heterocycles. The fourth-order valence-electron chi connectivity index (χ4n) is 12.1. The second kappa shape index (κ2) is 15.1. The fraction of sp³-hybridized carbons (Fsp3) is 0.810. The molecule has 4 saturated carbocycles. The maximum atomic E-state index is 13.6. The number of aliphatic hydroxyl groups excluding tert-OH is 1. The van der Waals surface area contributed by atoms with Gasteiger partial charge in [-0.1, -0.05) is 32.0 Å². The lowest BCUT2D eigenvalue weighted by atomic mass is 9.40. The molecule has 17 atom stereocenters. The van der Waals surface area contributed by atoms with Crippen LogP contribution in [-0.2, 0) is 38.0 Å². The number of esters is 1. The first-order valence-corrected chi connectivity index (χ1v) is 20.2. The Bertz CT molecular complexity index is 1510. The number of benzene rings is 1. The number of fused-ring (bicyclic) bond motifs is 5. The van der Waals surface area contributed by atoms with Crippen molar-refractivity contribution in [3.8, 4) is 0 Å². The number of ketones is 1. The summed E-state index contributed by atoms with van der Waals surface area (Å²) in [5.41, 5.74) is -4.13. The Kier molecular flexibility index (Phi) is 11.2. The van der Waals surface area contributed by atoms with Crippen LogP contribution in [-0.4, -0.2) is 114 Å². The summed E-state index contributed by atoms with van der Waals surface area (Å²) in [5, 5.41) is 36.1. The van der Waals surface area contributed by atoms with Crippen molar-refractivity contribution in [2.75, 3.05) is 14.2 Å². The molecule has 0 bridgehead atoms. The molecule has 3 N–H and O–H groups in total. The van der Waals surface area contributed by atoms with Crippen molar-refractivity contribution in [2.45, 2.75) is 171 Å². The minimum atomic E-state index is -1.60.